The normalized spacial score (nSPS) is 27.0. The Morgan fingerprint density at radius 2 is 1.83 bits per heavy atom. The van der Waals surface area contributed by atoms with Crippen molar-refractivity contribution >= 4 is 11.6 Å². The molecule has 0 atom stereocenters. The summed E-state index contributed by atoms with van der Waals surface area (Å²) in [5, 5.41) is -0.468. The predicted octanol–water partition coefficient (Wildman–Crippen LogP) is 5.13. The molecule has 0 spiro atoms. The summed E-state index contributed by atoms with van der Waals surface area (Å²) in [6.45, 7) is 1.94. The zero-order valence-corrected chi connectivity index (χ0v) is 16.0. The van der Waals surface area contributed by atoms with Gasteiger partial charge in [0.2, 0.25) is 0 Å². The van der Waals surface area contributed by atoms with Crippen molar-refractivity contribution in [3.63, 3.8) is 0 Å². The second-order valence-corrected chi connectivity index (χ2v) is 7.20. The number of fused-ring (bicyclic) bond motifs is 3. The van der Waals surface area contributed by atoms with Crippen molar-refractivity contribution in [2.75, 3.05) is 19.8 Å². The number of alkyl halides is 4. The quantitative estimate of drug-likeness (QED) is 0.411. The molecule has 0 radical (unpaired) electrons. The van der Waals surface area contributed by atoms with E-state index in [0.29, 0.717) is 24.8 Å². The smallest absolute Gasteiger partial charge is 0.460 e. The van der Waals surface area contributed by atoms with E-state index in [1.54, 1.807) is 0 Å². The van der Waals surface area contributed by atoms with Gasteiger partial charge in [-0.15, -0.1) is 0 Å². The number of ether oxygens (including phenoxy) is 5. The third kappa shape index (κ3) is 4.45. The first kappa shape index (κ1) is 22.1. The van der Waals surface area contributed by atoms with Crippen LogP contribution in [-0.2, 0) is 14.2 Å². The van der Waals surface area contributed by atoms with Crippen molar-refractivity contribution in [2.24, 2.45) is 5.41 Å². The molecule has 5 nitrogen and oxygen atoms in total. The molecule has 3 aliphatic heterocycles. The summed E-state index contributed by atoms with van der Waals surface area (Å²) in [7, 11) is 0. The van der Waals surface area contributed by atoms with Crippen LogP contribution in [0.3, 0.4) is 0 Å². The van der Waals surface area contributed by atoms with Crippen LogP contribution in [0.25, 0.3) is 0 Å². The Kier molecular flexibility index (Phi) is 6.28. The topological polar surface area (TPSA) is 46.2 Å². The van der Waals surface area contributed by atoms with Gasteiger partial charge in [0, 0.05) is 23.6 Å². The first-order valence-corrected chi connectivity index (χ1v) is 9.09. The van der Waals surface area contributed by atoms with E-state index in [1.165, 1.54) is 0 Å². The molecule has 1 aromatic carbocycles. The number of hydrogen-bond donors (Lipinski definition) is 0. The average molecular weight is 445 g/mol. The van der Waals surface area contributed by atoms with Crippen LogP contribution >= 0.6 is 11.6 Å². The molecule has 4 rings (SSSR count). The number of hydrogen-bond acceptors (Lipinski definition) is 5. The lowest BCUT2D eigenvalue weighted by Gasteiger charge is -2.52. The monoisotopic (exact) mass is 444 g/mol. The highest BCUT2D eigenvalue weighted by atomic mass is 35.5. The minimum atomic E-state index is -4.14. The Morgan fingerprint density at radius 3 is 2.34 bits per heavy atom. The van der Waals surface area contributed by atoms with E-state index >= 15 is 0 Å². The molecule has 0 aliphatic carbocycles. The third-order valence-electron chi connectivity index (χ3n) is 4.47. The number of benzene rings is 1. The second kappa shape index (κ2) is 8.25. The summed E-state index contributed by atoms with van der Waals surface area (Å²) in [5.74, 6) is -5.25. The lowest BCUT2D eigenvalue weighted by atomic mass is 9.84. The van der Waals surface area contributed by atoms with Crippen molar-refractivity contribution in [2.45, 2.75) is 38.3 Å². The van der Waals surface area contributed by atoms with Crippen molar-refractivity contribution in [1.29, 1.82) is 0 Å². The molecule has 2 bridgehead atoms. The van der Waals surface area contributed by atoms with Gasteiger partial charge in [-0.3, -0.25) is 0 Å². The molecule has 3 heterocycles. The number of halogens is 6. The summed E-state index contributed by atoms with van der Waals surface area (Å²) < 4.78 is 92.5. The van der Waals surface area contributed by atoms with Crippen molar-refractivity contribution in [1.82, 2.24) is 0 Å². The van der Waals surface area contributed by atoms with E-state index in [-0.39, 0.29) is 19.8 Å². The van der Waals surface area contributed by atoms with Crippen molar-refractivity contribution in [3.8, 4) is 11.5 Å². The lowest BCUT2D eigenvalue weighted by Crippen LogP contribution is -2.68. The van der Waals surface area contributed by atoms with Crippen LogP contribution < -0.4 is 9.47 Å². The van der Waals surface area contributed by atoms with Gasteiger partial charge in [0.1, 0.15) is 5.75 Å². The Bertz CT molecular complexity index is 725. The van der Waals surface area contributed by atoms with Gasteiger partial charge in [-0.25, -0.2) is 13.2 Å². The van der Waals surface area contributed by atoms with Gasteiger partial charge in [0.05, 0.1) is 31.1 Å². The first-order chi connectivity index (χ1) is 13.6. The van der Waals surface area contributed by atoms with Crippen LogP contribution in [0.4, 0.5) is 22.0 Å². The second-order valence-electron chi connectivity index (χ2n) is 6.79. The highest BCUT2D eigenvalue weighted by Crippen LogP contribution is 2.48. The van der Waals surface area contributed by atoms with Crippen LogP contribution in [-0.4, -0.2) is 38.3 Å². The molecule has 0 unspecified atom stereocenters. The molecule has 3 aliphatic rings. The maximum absolute atomic E-state index is 14.8. The minimum absolute atomic E-state index is 0.00183. The van der Waals surface area contributed by atoms with Crippen molar-refractivity contribution < 1.29 is 45.6 Å². The molecular weight excluding hydrogens is 427 g/mol. The van der Waals surface area contributed by atoms with Gasteiger partial charge in [-0.1, -0.05) is 24.9 Å². The van der Waals surface area contributed by atoms with E-state index in [4.69, 9.17) is 25.8 Å². The molecule has 1 aromatic rings. The molecule has 0 aromatic heterocycles. The number of allylic oxidation sites excluding steroid dienone is 1. The Hall–Kier alpha value is -1.62. The summed E-state index contributed by atoms with van der Waals surface area (Å²) in [5.41, 5.74) is -0.493. The van der Waals surface area contributed by atoms with Gasteiger partial charge in [0.15, 0.2) is 11.6 Å². The highest BCUT2D eigenvalue weighted by molar-refractivity contribution is 6.32. The van der Waals surface area contributed by atoms with E-state index < -0.39 is 46.3 Å². The minimum Gasteiger partial charge on any atom is -0.460 e. The molecule has 11 heteroatoms. The van der Waals surface area contributed by atoms with Gasteiger partial charge < -0.3 is 23.7 Å². The highest BCUT2D eigenvalue weighted by Gasteiger charge is 2.68. The van der Waals surface area contributed by atoms with E-state index in [1.807, 2.05) is 6.92 Å². The van der Waals surface area contributed by atoms with E-state index in [9.17, 15) is 22.0 Å². The SMILES string of the molecule is CCCC12COC(C(F)(F)Oc3cc(F)c(O/C=C/C(F)F)c(Cl)c3)(OC1)OC2. The van der Waals surface area contributed by atoms with Crippen LogP contribution in [0.2, 0.25) is 5.02 Å². The Labute approximate surface area is 168 Å². The molecule has 3 saturated heterocycles. The van der Waals surface area contributed by atoms with Gasteiger partial charge in [-0.2, -0.15) is 8.78 Å². The average Bonchev–Trinajstić information content (AvgIpc) is 2.65. The van der Waals surface area contributed by atoms with E-state index in [0.717, 1.165) is 12.5 Å². The van der Waals surface area contributed by atoms with Gasteiger partial charge in [-0.05, 0) is 6.42 Å². The van der Waals surface area contributed by atoms with Crippen molar-refractivity contribution in [3.05, 3.63) is 35.3 Å². The Morgan fingerprint density at radius 1 is 1.21 bits per heavy atom. The molecule has 0 N–H and O–H groups in total. The fourth-order valence-corrected chi connectivity index (χ4v) is 3.32. The molecule has 29 heavy (non-hydrogen) atoms. The molecular formula is C18H18ClF5O5. The zero-order chi connectivity index (χ0) is 21.3. The fourth-order valence-electron chi connectivity index (χ4n) is 3.08. The number of rotatable bonds is 8. The lowest BCUT2D eigenvalue weighted by molar-refractivity contribution is -0.548. The summed E-state index contributed by atoms with van der Waals surface area (Å²) in [4.78, 5) is 0. The zero-order valence-electron chi connectivity index (χ0n) is 15.2. The standard InChI is InChI=1S/C18H18ClF5O5/c1-2-4-16-8-26-18(27-9-16,28-10-16)17(23,24)29-11-6-12(19)15(13(20)7-11)25-5-3-14(21)22/h3,5-7,14H,2,4,8-10H2,1H3/b5-3+. The van der Waals surface area contributed by atoms with Crippen LogP contribution in [0.5, 0.6) is 11.5 Å². The maximum atomic E-state index is 14.8. The Balaban J connectivity index is 1.74. The van der Waals surface area contributed by atoms with Crippen LogP contribution in [0, 0.1) is 11.2 Å². The van der Waals surface area contributed by atoms with Gasteiger partial charge >= 0.3 is 12.1 Å². The first-order valence-electron chi connectivity index (χ1n) is 8.71. The van der Waals surface area contributed by atoms with Gasteiger partial charge in [0.25, 0.3) is 6.43 Å². The summed E-state index contributed by atoms with van der Waals surface area (Å²) in [6.07, 6.45) is -4.60. The molecule has 0 amide bonds. The maximum Gasteiger partial charge on any atom is 0.484 e. The largest absolute Gasteiger partial charge is 0.484 e. The summed E-state index contributed by atoms with van der Waals surface area (Å²) in [6, 6.07) is 1.41. The molecule has 0 saturated carbocycles. The van der Waals surface area contributed by atoms with Crippen LogP contribution in [0.1, 0.15) is 19.8 Å². The predicted molar refractivity (Wildman–Crippen MR) is 90.7 cm³/mol. The van der Waals surface area contributed by atoms with E-state index in [2.05, 4.69) is 9.47 Å². The fraction of sp³-hybridized carbons (Fsp3) is 0.556. The molecule has 3 fully saturated rings. The molecule has 162 valence electrons. The third-order valence-corrected chi connectivity index (χ3v) is 4.75. The summed E-state index contributed by atoms with van der Waals surface area (Å²) >= 11 is 5.79. The van der Waals surface area contributed by atoms with Crippen LogP contribution in [0.15, 0.2) is 24.5 Å².